The van der Waals surface area contributed by atoms with Crippen LogP contribution in [-0.2, 0) is 0 Å². The third-order valence-corrected chi connectivity index (χ3v) is 3.09. The van der Waals surface area contributed by atoms with Crippen molar-refractivity contribution in [3.8, 4) is 22.8 Å². The topological polar surface area (TPSA) is 95.0 Å². The molecule has 8 heteroatoms. The monoisotopic (exact) mass is 302 g/mol. The molecule has 21 heavy (non-hydrogen) atoms. The van der Waals surface area contributed by atoms with Crippen LogP contribution in [0.15, 0.2) is 47.2 Å². The Morgan fingerprint density at radius 3 is 2.67 bits per heavy atom. The highest BCUT2D eigenvalue weighted by Crippen LogP contribution is 2.31. The van der Waals surface area contributed by atoms with Crippen molar-refractivity contribution in [2.45, 2.75) is 0 Å². The average Bonchev–Trinajstić information content (AvgIpc) is 2.98. The summed E-state index contributed by atoms with van der Waals surface area (Å²) in [6, 6.07) is 7.48. The number of benzene rings is 1. The zero-order valence-corrected chi connectivity index (χ0v) is 11.2. The lowest BCUT2D eigenvalue weighted by Crippen LogP contribution is -1.89. The Bertz CT molecular complexity index is 804. The normalized spacial score (nSPS) is 10.5. The van der Waals surface area contributed by atoms with Crippen LogP contribution in [0.5, 0.6) is 0 Å². The Morgan fingerprint density at radius 1 is 1.19 bits per heavy atom. The maximum absolute atomic E-state index is 10.8. The number of hydrogen-bond donors (Lipinski definition) is 0. The van der Waals surface area contributed by atoms with E-state index in [0.29, 0.717) is 16.4 Å². The minimum absolute atomic E-state index is 0.0990. The maximum Gasteiger partial charge on any atom is 0.270 e. The van der Waals surface area contributed by atoms with Crippen molar-refractivity contribution in [1.29, 1.82) is 0 Å². The second-order valence-electron chi connectivity index (χ2n) is 4.08. The smallest absolute Gasteiger partial charge is 0.270 e. The molecule has 0 atom stereocenters. The molecule has 0 aliphatic heterocycles. The van der Waals surface area contributed by atoms with Gasteiger partial charge >= 0.3 is 0 Å². The summed E-state index contributed by atoms with van der Waals surface area (Å²) in [7, 11) is 0. The molecule has 104 valence electrons. The van der Waals surface area contributed by atoms with E-state index in [-0.39, 0.29) is 11.6 Å². The number of nitrogens with zero attached hydrogens (tertiary/aromatic N) is 4. The van der Waals surface area contributed by atoms with Crippen molar-refractivity contribution >= 4 is 17.3 Å². The third-order valence-electron chi connectivity index (χ3n) is 2.76. The predicted octanol–water partition coefficient (Wildman–Crippen LogP) is 3.36. The fourth-order valence-corrected chi connectivity index (χ4v) is 1.94. The lowest BCUT2D eigenvalue weighted by molar-refractivity contribution is -0.384. The molecule has 0 N–H and O–H groups in total. The van der Waals surface area contributed by atoms with E-state index in [9.17, 15) is 10.1 Å². The Morgan fingerprint density at radius 2 is 1.95 bits per heavy atom. The molecule has 0 bridgehead atoms. The molecule has 0 radical (unpaired) electrons. The Hall–Kier alpha value is -2.80. The summed E-state index contributed by atoms with van der Waals surface area (Å²) in [5.74, 6) is 0.477. The van der Waals surface area contributed by atoms with Crippen LogP contribution < -0.4 is 0 Å². The van der Waals surface area contributed by atoms with E-state index in [1.165, 1.54) is 18.2 Å². The molecular formula is C13H7ClN4O3. The van der Waals surface area contributed by atoms with Crippen LogP contribution in [0.25, 0.3) is 22.8 Å². The summed E-state index contributed by atoms with van der Waals surface area (Å²) >= 11 is 6.03. The Balaban J connectivity index is 2.04. The Kier molecular flexibility index (Phi) is 3.33. The zero-order chi connectivity index (χ0) is 14.8. The van der Waals surface area contributed by atoms with E-state index in [0.717, 1.165) is 5.56 Å². The number of pyridine rings is 1. The van der Waals surface area contributed by atoms with Gasteiger partial charge in [-0.15, -0.1) is 0 Å². The second-order valence-corrected chi connectivity index (χ2v) is 4.49. The number of hydrogen-bond acceptors (Lipinski definition) is 6. The lowest BCUT2D eigenvalue weighted by Gasteiger charge is -1.98. The SMILES string of the molecule is O=[N+]([O-])c1ccc(Cl)c(-c2nc(-c3ccncc3)no2)c1. The van der Waals surface area contributed by atoms with Gasteiger partial charge in [0.2, 0.25) is 5.82 Å². The molecule has 2 heterocycles. The van der Waals surface area contributed by atoms with Crippen LogP contribution in [0.4, 0.5) is 5.69 Å². The Labute approximate surface area is 123 Å². The molecule has 0 aliphatic rings. The third kappa shape index (κ3) is 2.59. The van der Waals surface area contributed by atoms with Gasteiger partial charge < -0.3 is 4.52 Å². The highest BCUT2D eigenvalue weighted by Gasteiger charge is 2.17. The van der Waals surface area contributed by atoms with Crippen molar-refractivity contribution in [1.82, 2.24) is 15.1 Å². The standard InChI is InChI=1S/C13H7ClN4O3/c14-11-2-1-9(18(19)20)7-10(11)13-16-12(17-21-13)8-3-5-15-6-4-8/h1-7H. The van der Waals surface area contributed by atoms with Gasteiger partial charge in [0.1, 0.15) is 0 Å². The second kappa shape index (κ2) is 5.29. The molecule has 0 unspecified atom stereocenters. The van der Waals surface area contributed by atoms with E-state index < -0.39 is 4.92 Å². The first-order chi connectivity index (χ1) is 10.1. The summed E-state index contributed by atoms with van der Waals surface area (Å²) in [6.45, 7) is 0. The van der Waals surface area contributed by atoms with Crippen LogP contribution >= 0.6 is 11.6 Å². The van der Waals surface area contributed by atoms with Gasteiger partial charge in [0.25, 0.3) is 11.6 Å². The highest BCUT2D eigenvalue weighted by molar-refractivity contribution is 6.33. The van der Waals surface area contributed by atoms with Gasteiger partial charge in [-0.25, -0.2) is 0 Å². The van der Waals surface area contributed by atoms with Crippen LogP contribution in [0.1, 0.15) is 0 Å². The fourth-order valence-electron chi connectivity index (χ4n) is 1.74. The summed E-state index contributed by atoms with van der Waals surface area (Å²) < 4.78 is 5.13. The molecule has 0 saturated heterocycles. The van der Waals surface area contributed by atoms with Crippen molar-refractivity contribution in [3.63, 3.8) is 0 Å². The lowest BCUT2D eigenvalue weighted by atomic mass is 10.2. The summed E-state index contributed by atoms with van der Waals surface area (Å²) in [4.78, 5) is 18.4. The van der Waals surface area contributed by atoms with E-state index >= 15 is 0 Å². The summed E-state index contributed by atoms with van der Waals surface area (Å²) in [5, 5.41) is 14.9. The van der Waals surface area contributed by atoms with Gasteiger partial charge in [-0.2, -0.15) is 4.98 Å². The summed E-state index contributed by atoms with van der Waals surface area (Å²) in [5.41, 5.74) is 0.943. The molecule has 0 spiro atoms. The number of non-ortho nitro benzene ring substituents is 1. The van der Waals surface area contributed by atoms with Crippen LogP contribution in [0.2, 0.25) is 5.02 Å². The molecule has 0 aliphatic carbocycles. The van der Waals surface area contributed by atoms with Gasteiger partial charge in [-0.05, 0) is 18.2 Å². The quantitative estimate of drug-likeness (QED) is 0.544. The van der Waals surface area contributed by atoms with Crippen molar-refractivity contribution in [2.24, 2.45) is 0 Å². The van der Waals surface area contributed by atoms with E-state index in [1.807, 2.05) is 0 Å². The maximum atomic E-state index is 10.8. The molecule has 3 rings (SSSR count). The van der Waals surface area contributed by atoms with Crippen LogP contribution in [-0.4, -0.2) is 20.0 Å². The van der Waals surface area contributed by atoms with Crippen molar-refractivity contribution in [2.75, 3.05) is 0 Å². The highest BCUT2D eigenvalue weighted by atomic mass is 35.5. The number of aromatic nitrogens is 3. The first-order valence-electron chi connectivity index (χ1n) is 5.83. The number of nitro benzene ring substituents is 1. The van der Waals surface area contributed by atoms with E-state index in [1.54, 1.807) is 24.5 Å². The number of halogens is 1. The minimum Gasteiger partial charge on any atom is -0.334 e. The van der Waals surface area contributed by atoms with E-state index in [4.69, 9.17) is 16.1 Å². The van der Waals surface area contributed by atoms with Gasteiger partial charge in [-0.3, -0.25) is 15.1 Å². The molecule has 2 aromatic heterocycles. The minimum atomic E-state index is -0.514. The zero-order valence-electron chi connectivity index (χ0n) is 10.4. The van der Waals surface area contributed by atoms with E-state index in [2.05, 4.69) is 15.1 Å². The number of rotatable bonds is 3. The molecule has 0 fully saturated rings. The molecule has 3 aromatic rings. The molecule has 7 nitrogen and oxygen atoms in total. The first-order valence-corrected chi connectivity index (χ1v) is 6.21. The molecule has 0 amide bonds. The van der Waals surface area contributed by atoms with Gasteiger partial charge in [-0.1, -0.05) is 16.8 Å². The van der Waals surface area contributed by atoms with Gasteiger partial charge in [0.15, 0.2) is 0 Å². The average molecular weight is 303 g/mol. The molecular weight excluding hydrogens is 296 g/mol. The van der Waals surface area contributed by atoms with Crippen molar-refractivity contribution < 1.29 is 9.45 Å². The van der Waals surface area contributed by atoms with Gasteiger partial charge in [0, 0.05) is 30.1 Å². The predicted molar refractivity (Wildman–Crippen MR) is 74.6 cm³/mol. The van der Waals surface area contributed by atoms with Crippen LogP contribution in [0.3, 0.4) is 0 Å². The number of nitro groups is 1. The molecule has 0 saturated carbocycles. The molecule has 1 aromatic carbocycles. The largest absolute Gasteiger partial charge is 0.334 e. The van der Waals surface area contributed by atoms with Crippen LogP contribution in [0, 0.1) is 10.1 Å². The fraction of sp³-hybridized carbons (Fsp3) is 0. The first kappa shape index (κ1) is 13.2. The summed E-state index contributed by atoms with van der Waals surface area (Å²) in [6.07, 6.45) is 3.21. The van der Waals surface area contributed by atoms with Gasteiger partial charge in [0.05, 0.1) is 15.5 Å². The van der Waals surface area contributed by atoms with Crippen molar-refractivity contribution in [3.05, 3.63) is 57.9 Å².